The summed E-state index contributed by atoms with van der Waals surface area (Å²) in [6, 6.07) is 6.57. The van der Waals surface area contributed by atoms with Gasteiger partial charge in [0.25, 0.3) is 0 Å². The minimum absolute atomic E-state index is 1.10. The van der Waals surface area contributed by atoms with E-state index in [9.17, 15) is 0 Å². The van der Waals surface area contributed by atoms with Gasteiger partial charge in [-0.25, -0.2) is 0 Å². The van der Waals surface area contributed by atoms with E-state index in [1.54, 1.807) is 0 Å². The second-order valence-corrected chi connectivity index (χ2v) is 3.91. The zero-order valence-electron chi connectivity index (χ0n) is 6.55. The van der Waals surface area contributed by atoms with E-state index in [0.29, 0.717) is 0 Å². The van der Waals surface area contributed by atoms with Crippen molar-refractivity contribution in [2.75, 3.05) is 17.6 Å². The fourth-order valence-corrected chi connectivity index (χ4v) is 2.13. The summed E-state index contributed by atoms with van der Waals surface area (Å²) in [6.07, 6.45) is 0. The molecule has 0 atom stereocenters. The quantitative estimate of drug-likeness (QED) is 0.634. The van der Waals surface area contributed by atoms with Gasteiger partial charge in [0.15, 0.2) is 0 Å². The summed E-state index contributed by atoms with van der Waals surface area (Å²) in [7, 11) is 0. The Morgan fingerprint density at radius 1 is 1.45 bits per heavy atom. The minimum Gasteiger partial charge on any atom is -0.383 e. The summed E-state index contributed by atoms with van der Waals surface area (Å²) < 4.78 is 0. The molecule has 1 nitrogen and oxygen atoms in total. The third-order valence-electron chi connectivity index (χ3n) is 1.81. The molecule has 1 N–H and O–H groups in total. The van der Waals surface area contributed by atoms with Crippen LogP contribution in [-0.4, -0.2) is 12.3 Å². The van der Waals surface area contributed by atoms with Gasteiger partial charge in [0, 0.05) is 22.9 Å². The molecule has 0 radical (unpaired) electrons. The zero-order chi connectivity index (χ0) is 7.68. The monoisotopic (exact) mass is 165 g/mol. The molecule has 0 unspecified atom stereocenters. The second kappa shape index (κ2) is 2.78. The van der Waals surface area contributed by atoms with Crippen molar-refractivity contribution >= 4 is 17.4 Å². The van der Waals surface area contributed by atoms with Crippen molar-refractivity contribution in [1.82, 2.24) is 0 Å². The van der Waals surface area contributed by atoms with Crippen LogP contribution in [0.25, 0.3) is 0 Å². The molecule has 0 fully saturated rings. The summed E-state index contributed by atoms with van der Waals surface area (Å²) in [5, 5.41) is 3.38. The van der Waals surface area contributed by atoms with E-state index >= 15 is 0 Å². The van der Waals surface area contributed by atoms with Crippen LogP contribution in [0.2, 0.25) is 0 Å². The van der Waals surface area contributed by atoms with Gasteiger partial charge in [0.1, 0.15) is 0 Å². The molecule has 58 valence electrons. The van der Waals surface area contributed by atoms with Crippen LogP contribution in [-0.2, 0) is 0 Å². The van der Waals surface area contributed by atoms with Crippen molar-refractivity contribution < 1.29 is 0 Å². The zero-order valence-corrected chi connectivity index (χ0v) is 7.37. The molecule has 1 aliphatic heterocycles. The number of benzene rings is 1. The van der Waals surface area contributed by atoms with Crippen LogP contribution < -0.4 is 5.32 Å². The van der Waals surface area contributed by atoms with Crippen LogP contribution in [0.3, 0.4) is 0 Å². The van der Waals surface area contributed by atoms with Gasteiger partial charge in [-0.15, -0.1) is 11.8 Å². The van der Waals surface area contributed by atoms with Gasteiger partial charge in [0.2, 0.25) is 0 Å². The summed E-state index contributed by atoms with van der Waals surface area (Å²) >= 11 is 1.93. The fraction of sp³-hybridized carbons (Fsp3) is 0.333. The molecule has 1 aromatic carbocycles. The van der Waals surface area contributed by atoms with Crippen LogP contribution >= 0.6 is 11.8 Å². The van der Waals surface area contributed by atoms with Crippen molar-refractivity contribution in [2.24, 2.45) is 0 Å². The molecule has 1 aromatic rings. The molecular weight excluding hydrogens is 154 g/mol. The molecule has 1 aliphatic rings. The number of aryl methyl sites for hydroxylation is 1. The summed E-state index contributed by atoms with van der Waals surface area (Å²) in [4.78, 5) is 1.39. The molecular formula is C9H11NS. The van der Waals surface area contributed by atoms with Crippen molar-refractivity contribution in [1.29, 1.82) is 0 Å². The Balaban J connectivity index is 2.43. The Labute approximate surface area is 71.2 Å². The number of hydrogen-bond donors (Lipinski definition) is 1. The highest BCUT2D eigenvalue weighted by atomic mass is 32.2. The standard InChI is InChI=1S/C9H11NS/c1-7-2-3-9-8(6-7)10-4-5-11-9/h2-3,6,10H,4-5H2,1H3. The maximum atomic E-state index is 3.38. The van der Waals surface area contributed by atoms with Crippen LogP contribution in [0, 0.1) is 6.92 Å². The Hall–Kier alpha value is -0.630. The fourth-order valence-electron chi connectivity index (χ4n) is 1.25. The third kappa shape index (κ3) is 1.36. The first kappa shape index (κ1) is 7.04. The Morgan fingerprint density at radius 2 is 2.36 bits per heavy atom. The van der Waals surface area contributed by atoms with E-state index in [-0.39, 0.29) is 0 Å². The highest BCUT2D eigenvalue weighted by Crippen LogP contribution is 2.30. The van der Waals surface area contributed by atoms with Gasteiger partial charge in [-0.2, -0.15) is 0 Å². The molecule has 2 rings (SSSR count). The average Bonchev–Trinajstić information content (AvgIpc) is 2.04. The van der Waals surface area contributed by atoms with Crippen molar-refractivity contribution in [2.45, 2.75) is 11.8 Å². The summed E-state index contributed by atoms with van der Waals surface area (Å²) in [6.45, 7) is 3.22. The lowest BCUT2D eigenvalue weighted by Crippen LogP contribution is -2.09. The number of anilines is 1. The Kier molecular flexibility index (Phi) is 1.78. The van der Waals surface area contributed by atoms with Gasteiger partial charge < -0.3 is 5.32 Å². The van der Waals surface area contributed by atoms with Crippen LogP contribution in [0.15, 0.2) is 23.1 Å². The second-order valence-electron chi connectivity index (χ2n) is 2.77. The first-order valence-corrected chi connectivity index (χ1v) is 4.82. The molecule has 0 aromatic heterocycles. The lowest BCUT2D eigenvalue weighted by Gasteiger charge is -2.17. The molecule has 0 amide bonds. The number of rotatable bonds is 0. The molecule has 1 heterocycles. The number of hydrogen-bond acceptors (Lipinski definition) is 2. The van der Waals surface area contributed by atoms with E-state index in [2.05, 4.69) is 30.4 Å². The first-order chi connectivity index (χ1) is 5.36. The normalized spacial score (nSPS) is 15.4. The SMILES string of the molecule is Cc1ccc2c(c1)NCCS2. The Bertz CT molecular complexity index is 270. The van der Waals surface area contributed by atoms with Crippen molar-refractivity contribution in [3.05, 3.63) is 23.8 Å². The number of nitrogens with one attached hydrogen (secondary N) is 1. The van der Waals surface area contributed by atoms with E-state index in [1.807, 2.05) is 11.8 Å². The topological polar surface area (TPSA) is 12.0 Å². The molecule has 11 heavy (non-hydrogen) atoms. The maximum Gasteiger partial charge on any atom is 0.0481 e. The predicted octanol–water partition coefficient (Wildman–Crippen LogP) is 2.51. The lowest BCUT2D eigenvalue weighted by molar-refractivity contribution is 1.16. The highest BCUT2D eigenvalue weighted by Gasteiger charge is 2.07. The van der Waals surface area contributed by atoms with E-state index in [4.69, 9.17) is 0 Å². The summed E-state index contributed by atoms with van der Waals surface area (Å²) in [5.41, 5.74) is 2.64. The van der Waals surface area contributed by atoms with Crippen LogP contribution in [0.4, 0.5) is 5.69 Å². The van der Waals surface area contributed by atoms with Gasteiger partial charge in [0.05, 0.1) is 0 Å². The van der Waals surface area contributed by atoms with Crippen LogP contribution in [0.5, 0.6) is 0 Å². The third-order valence-corrected chi connectivity index (χ3v) is 2.89. The summed E-state index contributed by atoms with van der Waals surface area (Å²) in [5.74, 6) is 1.19. The van der Waals surface area contributed by atoms with E-state index < -0.39 is 0 Å². The van der Waals surface area contributed by atoms with E-state index in [0.717, 1.165) is 6.54 Å². The van der Waals surface area contributed by atoms with Gasteiger partial charge in [-0.05, 0) is 24.6 Å². The van der Waals surface area contributed by atoms with Gasteiger partial charge in [-0.3, -0.25) is 0 Å². The molecule has 2 heteroatoms. The smallest absolute Gasteiger partial charge is 0.0481 e. The average molecular weight is 165 g/mol. The van der Waals surface area contributed by atoms with Crippen molar-refractivity contribution in [3.63, 3.8) is 0 Å². The Morgan fingerprint density at radius 3 is 3.27 bits per heavy atom. The van der Waals surface area contributed by atoms with Crippen molar-refractivity contribution in [3.8, 4) is 0 Å². The maximum absolute atomic E-state index is 3.38. The lowest BCUT2D eigenvalue weighted by atomic mass is 10.2. The molecule has 0 saturated carbocycles. The van der Waals surface area contributed by atoms with Crippen LogP contribution in [0.1, 0.15) is 5.56 Å². The highest BCUT2D eigenvalue weighted by molar-refractivity contribution is 7.99. The largest absolute Gasteiger partial charge is 0.383 e. The molecule has 0 spiro atoms. The number of fused-ring (bicyclic) bond motifs is 1. The predicted molar refractivity (Wildman–Crippen MR) is 50.4 cm³/mol. The molecule has 0 aliphatic carbocycles. The molecule has 0 saturated heterocycles. The first-order valence-electron chi connectivity index (χ1n) is 3.83. The minimum atomic E-state index is 1.10. The van der Waals surface area contributed by atoms with E-state index in [1.165, 1.54) is 21.9 Å². The van der Waals surface area contributed by atoms with Gasteiger partial charge >= 0.3 is 0 Å². The molecule has 0 bridgehead atoms. The van der Waals surface area contributed by atoms with Gasteiger partial charge in [-0.1, -0.05) is 6.07 Å². The number of thioether (sulfide) groups is 1.